The van der Waals surface area contributed by atoms with Crippen molar-refractivity contribution >= 4 is 19.7 Å². The standard InChI is InChI=1S/C67H113N2O7P/c1-7-10-13-16-19-22-25-27-29-31-32-33-34-35-36-38-39-41-44-47-50-53-56-59-66(70)68-64(63-75-77(72,73)74-62-61-69(4,5)6)65(58-55-52-49-46-43-24-21-18-15-12-9-3)76-67(71)60-57-54-51-48-45-42-40-37-30-28-26-23-20-17-14-11-8-2/h10-11,13-14,19-20,22-23,27-30,32-33,35-36,40,42,48,51,55,58,64-65H,7-9,12,15-18,21,24-26,31,34,37-39,41,43-47,49-50,52-54,56-57,59-63H2,1-6H3,(H-,68,70,72,73)/p+1/b13-10-,14-11-,22-19-,23-20-,29-27-,30-28-,33-32-,36-35-,42-40-,51-48-,58-55-. The quantitative estimate of drug-likeness (QED) is 0.0205. The van der Waals surface area contributed by atoms with Gasteiger partial charge in [-0.2, -0.15) is 0 Å². The van der Waals surface area contributed by atoms with Gasteiger partial charge in [0.15, 0.2) is 0 Å². The summed E-state index contributed by atoms with van der Waals surface area (Å²) < 4.78 is 30.6. The van der Waals surface area contributed by atoms with Crippen molar-refractivity contribution in [2.24, 2.45) is 0 Å². The molecule has 0 saturated carbocycles. The van der Waals surface area contributed by atoms with Crippen LogP contribution in [0.3, 0.4) is 0 Å². The minimum absolute atomic E-state index is 0.0214. The molecule has 0 aliphatic heterocycles. The van der Waals surface area contributed by atoms with E-state index in [0.29, 0.717) is 23.9 Å². The maximum Gasteiger partial charge on any atom is 0.472 e. The van der Waals surface area contributed by atoms with E-state index in [1.54, 1.807) is 0 Å². The van der Waals surface area contributed by atoms with Gasteiger partial charge in [0.05, 0.1) is 33.8 Å². The Hall–Kier alpha value is -3.85. The number of likely N-dealkylation sites (N-methyl/N-ethyl adjacent to an activating group) is 1. The lowest BCUT2D eigenvalue weighted by Crippen LogP contribution is -2.47. The van der Waals surface area contributed by atoms with Crippen LogP contribution in [0.2, 0.25) is 0 Å². The van der Waals surface area contributed by atoms with Crippen LogP contribution in [-0.4, -0.2) is 74.3 Å². The van der Waals surface area contributed by atoms with E-state index in [2.05, 4.69) is 148 Å². The first-order chi connectivity index (χ1) is 37.4. The van der Waals surface area contributed by atoms with Gasteiger partial charge in [0.2, 0.25) is 5.91 Å². The number of allylic oxidation sites excluding steroid dienone is 21. The maximum atomic E-state index is 13.5. The summed E-state index contributed by atoms with van der Waals surface area (Å²) >= 11 is 0. The topological polar surface area (TPSA) is 111 Å². The minimum atomic E-state index is -4.47. The van der Waals surface area contributed by atoms with Crippen molar-refractivity contribution in [2.45, 2.75) is 238 Å². The number of hydrogen-bond acceptors (Lipinski definition) is 6. The predicted octanol–water partition coefficient (Wildman–Crippen LogP) is 18.9. The SMILES string of the molecule is CC/C=C\C/C=C\C/C=C\C/C=C\C/C=C\CCCCCCCCCC(=O)NC(COP(=O)(O)OCC[N+](C)(C)C)C(/C=C\CCCCCCCCCCC)OC(=O)CCC/C=C\C/C=C\C/C=C\C/C=C\C/C=C\CC. The van der Waals surface area contributed by atoms with E-state index in [1.807, 2.05) is 33.3 Å². The normalized spacial score (nSPS) is 14.6. The Balaban J connectivity index is 5.32. The summed E-state index contributed by atoms with van der Waals surface area (Å²) in [5.41, 5.74) is 0. The average Bonchev–Trinajstić information content (AvgIpc) is 3.39. The molecule has 3 atom stereocenters. The highest BCUT2D eigenvalue weighted by Gasteiger charge is 2.30. The van der Waals surface area contributed by atoms with Crippen molar-refractivity contribution in [2.75, 3.05) is 40.9 Å². The highest BCUT2D eigenvalue weighted by atomic mass is 31.2. The van der Waals surface area contributed by atoms with E-state index in [4.69, 9.17) is 13.8 Å². The number of carbonyl (C=O) groups excluding carboxylic acids is 2. The molecule has 9 nitrogen and oxygen atoms in total. The van der Waals surface area contributed by atoms with E-state index in [1.165, 1.54) is 64.2 Å². The number of nitrogens with one attached hydrogen (secondary N) is 1. The van der Waals surface area contributed by atoms with Gasteiger partial charge < -0.3 is 19.4 Å². The fraction of sp³-hybridized carbons (Fsp3) is 0.642. The number of hydrogen-bond donors (Lipinski definition) is 2. The summed E-state index contributed by atoms with van der Waals surface area (Å²) in [4.78, 5) is 37.7. The Morgan fingerprint density at radius 3 is 1.27 bits per heavy atom. The van der Waals surface area contributed by atoms with Gasteiger partial charge in [-0.3, -0.25) is 18.6 Å². The summed E-state index contributed by atoms with van der Waals surface area (Å²) in [7, 11) is 1.44. The zero-order valence-corrected chi connectivity index (χ0v) is 50.8. The van der Waals surface area contributed by atoms with E-state index in [9.17, 15) is 19.0 Å². The molecule has 438 valence electrons. The fourth-order valence-corrected chi connectivity index (χ4v) is 8.68. The number of phosphoric acid groups is 1. The summed E-state index contributed by atoms with van der Waals surface area (Å²) in [5.74, 6) is -0.597. The Bertz CT molecular complexity index is 1780. The van der Waals surface area contributed by atoms with Crippen LogP contribution in [0.1, 0.15) is 226 Å². The van der Waals surface area contributed by atoms with Crippen molar-refractivity contribution in [3.8, 4) is 0 Å². The number of esters is 1. The van der Waals surface area contributed by atoms with Gasteiger partial charge in [-0.15, -0.1) is 0 Å². The molecule has 0 fully saturated rings. The smallest absolute Gasteiger partial charge is 0.456 e. The minimum Gasteiger partial charge on any atom is -0.456 e. The molecular weight excluding hydrogens is 976 g/mol. The number of carbonyl (C=O) groups is 2. The van der Waals surface area contributed by atoms with Crippen LogP contribution >= 0.6 is 7.82 Å². The Labute approximate surface area is 473 Å². The zero-order valence-electron chi connectivity index (χ0n) is 49.9. The van der Waals surface area contributed by atoms with Crippen molar-refractivity contribution < 1.29 is 37.3 Å². The third-order valence-electron chi connectivity index (χ3n) is 12.6. The van der Waals surface area contributed by atoms with Crippen molar-refractivity contribution in [1.29, 1.82) is 0 Å². The van der Waals surface area contributed by atoms with E-state index >= 15 is 0 Å². The molecule has 2 N–H and O–H groups in total. The number of amides is 1. The molecule has 0 aliphatic carbocycles. The molecule has 0 aromatic rings. The van der Waals surface area contributed by atoms with Crippen LogP contribution in [-0.2, 0) is 27.9 Å². The van der Waals surface area contributed by atoms with Crippen LogP contribution in [0.15, 0.2) is 134 Å². The number of ether oxygens (including phenoxy) is 1. The molecule has 0 aromatic carbocycles. The van der Waals surface area contributed by atoms with Crippen LogP contribution in [0.4, 0.5) is 0 Å². The highest BCUT2D eigenvalue weighted by molar-refractivity contribution is 7.47. The summed E-state index contributed by atoms with van der Waals surface area (Å²) in [6, 6.07) is -0.887. The Morgan fingerprint density at radius 1 is 0.468 bits per heavy atom. The summed E-state index contributed by atoms with van der Waals surface area (Å²) in [6.45, 7) is 6.71. The molecule has 77 heavy (non-hydrogen) atoms. The van der Waals surface area contributed by atoms with Crippen LogP contribution in [0.5, 0.6) is 0 Å². The lowest BCUT2D eigenvalue weighted by Gasteiger charge is -2.27. The van der Waals surface area contributed by atoms with Crippen molar-refractivity contribution in [3.05, 3.63) is 134 Å². The summed E-state index contributed by atoms with van der Waals surface area (Å²) in [5, 5.41) is 3.03. The number of nitrogens with zero attached hydrogens (tertiary/aromatic N) is 1. The Kier molecular flexibility index (Phi) is 52.7. The molecule has 0 radical (unpaired) electrons. The molecule has 0 heterocycles. The van der Waals surface area contributed by atoms with Gasteiger partial charge in [0.25, 0.3) is 0 Å². The van der Waals surface area contributed by atoms with E-state index in [0.717, 1.165) is 122 Å². The summed E-state index contributed by atoms with van der Waals surface area (Å²) in [6.07, 6.45) is 78.9. The predicted molar refractivity (Wildman–Crippen MR) is 332 cm³/mol. The third kappa shape index (κ3) is 56.7. The Morgan fingerprint density at radius 2 is 0.844 bits per heavy atom. The number of rotatable bonds is 53. The molecule has 0 aliphatic rings. The molecule has 0 rings (SSSR count). The number of quaternary nitrogens is 1. The lowest BCUT2D eigenvalue weighted by molar-refractivity contribution is -0.870. The van der Waals surface area contributed by atoms with Gasteiger partial charge in [-0.05, 0) is 115 Å². The largest absolute Gasteiger partial charge is 0.472 e. The molecule has 1 amide bonds. The van der Waals surface area contributed by atoms with Crippen LogP contribution in [0, 0.1) is 0 Å². The second-order valence-corrected chi connectivity index (χ2v) is 22.6. The zero-order chi connectivity index (χ0) is 56.4. The molecule has 10 heteroatoms. The van der Waals surface area contributed by atoms with Crippen molar-refractivity contribution in [1.82, 2.24) is 5.32 Å². The third-order valence-corrected chi connectivity index (χ3v) is 13.6. The molecule has 0 aromatic heterocycles. The molecule has 0 saturated heterocycles. The fourth-order valence-electron chi connectivity index (χ4n) is 7.94. The second-order valence-electron chi connectivity index (χ2n) is 21.1. The number of unbranched alkanes of at least 4 members (excludes halogenated alkanes) is 17. The second kappa shape index (κ2) is 55.5. The lowest BCUT2D eigenvalue weighted by atomic mass is 10.1. The first kappa shape index (κ1) is 73.2. The van der Waals surface area contributed by atoms with Gasteiger partial charge >= 0.3 is 13.8 Å². The number of phosphoric ester groups is 1. The van der Waals surface area contributed by atoms with Crippen molar-refractivity contribution in [3.63, 3.8) is 0 Å². The maximum absolute atomic E-state index is 13.5. The van der Waals surface area contributed by atoms with E-state index in [-0.39, 0.29) is 25.5 Å². The first-order valence-corrected chi connectivity index (χ1v) is 32.0. The first-order valence-electron chi connectivity index (χ1n) is 30.5. The van der Waals surface area contributed by atoms with Gasteiger partial charge in [-0.25, -0.2) is 4.57 Å². The average molecular weight is 1090 g/mol. The monoisotopic (exact) mass is 1090 g/mol. The van der Waals surface area contributed by atoms with E-state index < -0.39 is 25.9 Å². The molecule has 3 unspecified atom stereocenters. The van der Waals surface area contributed by atoms with Gasteiger partial charge in [0, 0.05) is 12.8 Å². The van der Waals surface area contributed by atoms with Crippen LogP contribution < -0.4 is 5.32 Å². The highest BCUT2D eigenvalue weighted by Crippen LogP contribution is 2.43. The van der Waals surface area contributed by atoms with Gasteiger partial charge in [0.1, 0.15) is 19.3 Å². The molecular formula is C67H114N2O7P+. The van der Waals surface area contributed by atoms with Gasteiger partial charge in [-0.1, -0.05) is 232 Å². The van der Waals surface area contributed by atoms with Crippen LogP contribution in [0.25, 0.3) is 0 Å². The molecule has 0 bridgehead atoms. The molecule has 0 spiro atoms.